The molecule has 3 heterocycles. The highest BCUT2D eigenvalue weighted by atomic mass is 32.1. The van der Waals surface area contributed by atoms with Crippen molar-refractivity contribution in [3.8, 4) is 17.1 Å². The molecule has 42 heavy (non-hydrogen) atoms. The summed E-state index contributed by atoms with van der Waals surface area (Å²) < 4.78 is 28.8. The maximum Gasteiger partial charge on any atom is 0.338 e. The van der Waals surface area contributed by atoms with Crippen molar-refractivity contribution in [3.05, 3.63) is 109 Å². The molecule has 4 aromatic rings. The zero-order valence-electron chi connectivity index (χ0n) is 23.4. The van der Waals surface area contributed by atoms with Gasteiger partial charge in [-0.25, -0.2) is 14.6 Å². The summed E-state index contributed by atoms with van der Waals surface area (Å²) in [5.41, 5.74) is 1.83. The fraction of sp³-hybridized carbons (Fsp3) is 0.226. The molecular weight excluding hydrogens is 560 g/mol. The van der Waals surface area contributed by atoms with Gasteiger partial charge in [-0.05, 0) is 31.2 Å². The van der Waals surface area contributed by atoms with E-state index in [1.165, 1.54) is 37.2 Å². The third-order valence-electron chi connectivity index (χ3n) is 6.69. The van der Waals surface area contributed by atoms with Crippen LogP contribution in [0.5, 0.6) is 5.75 Å². The van der Waals surface area contributed by atoms with Crippen molar-refractivity contribution >= 4 is 29.4 Å². The van der Waals surface area contributed by atoms with Gasteiger partial charge < -0.3 is 23.4 Å². The third kappa shape index (κ3) is 5.44. The van der Waals surface area contributed by atoms with Gasteiger partial charge in [-0.15, -0.1) is 0 Å². The average molecular weight is 589 g/mol. The smallest absolute Gasteiger partial charge is 0.338 e. The van der Waals surface area contributed by atoms with Crippen LogP contribution in [0, 0.1) is 0 Å². The topological polar surface area (TPSA) is 119 Å². The third-order valence-corrected chi connectivity index (χ3v) is 7.68. The summed E-state index contributed by atoms with van der Waals surface area (Å²) in [5, 5.41) is 0. The Bertz CT molecular complexity index is 1860. The Morgan fingerprint density at radius 2 is 1.76 bits per heavy atom. The molecule has 0 saturated carbocycles. The normalized spacial score (nSPS) is 14.8. The van der Waals surface area contributed by atoms with Crippen molar-refractivity contribution in [3.63, 3.8) is 0 Å². The number of nitrogens with zero attached hydrogens (tertiary/aromatic N) is 2. The molecule has 0 spiro atoms. The zero-order chi connectivity index (χ0) is 29.8. The molecule has 1 unspecified atom stereocenters. The summed E-state index contributed by atoms with van der Waals surface area (Å²) >= 11 is 1.17. The van der Waals surface area contributed by atoms with Gasteiger partial charge in [0.2, 0.25) is 0 Å². The lowest BCUT2D eigenvalue weighted by molar-refractivity contribution is -0.140. The summed E-state index contributed by atoms with van der Waals surface area (Å²) in [7, 11) is 4.36. The second-order valence-electron chi connectivity index (χ2n) is 9.19. The number of esters is 2. The maximum absolute atomic E-state index is 13.9. The van der Waals surface area contributed by atoms with Crippen LogP contribution in [0.25, 0.3) is 17.4 Å². The van der Waals surface area contributed by atoms with Gasteiger partial charge in [0, 0.05) is 24.3 Å². The van der Waals surface area contributed by atoms with Crippen LogP contribution in [-0.2, 0) is 19.0 Å². The summed E-state index contributed by atoms with van der Waals surface area (Å²) in [6.45, 7) is 1.99. The molecule has 11 heteroatoms. The molecule has 216 valence electrons. The number of benzene rings is 2. The van der Waals surface area contributed by atoms with E-state index in [1.807, 2.05) is 12.1 Å². The number of hydrogen-bond acceptors (Lipinski definition) is 10. The Hall–Kier alpha value is -4.74. The Kier molecular flexibility index (Phi) is 8.51. The van der Waals surface area contributed by atoms with E-state index in [1.54, 1.807) is 61.5 Å². The predicted octanol–water partition coefficient (Wildman–Crippen LogP) is 3.48. The Morgan fingerprint density at radius 1 is 1.00 bits per heavy atom. The summed E-state index contributed by atoms with van der Waals surface area (Å²) in [5.74, 6) is 0.269. The molecule has 0 aliphatic carbocycles. The predicted molar refractivity (Wildman–Crippen MR) is 155 cm³/mol. The van der Waals surface area contributed by atoms with Crippen molar-refractivity contribution in [2.24, 2.45) is 4.99 Å². The number of aromatic nitrogens is 1. The molecule has 1 aliphatic rings. The molecule has 2 aromatic carbocycles. The summed E-state index contributed by atoms with van der Waals surface area (Å²) in [6, 6.07) is 16.7. The fourth-order valence-corrected chi connectivity index (χ4v) is 5.78. The first kappa shape index (κ1) is 28.8. The van der Waals surface area contributed by atoms with E-state index in [4.69, 9.17) is 23.4 Å². The van der Waals surface area contributed by atoms with E-state index in [9.17, 15) is 14.4 Å². The van der Waals surface area contributed by atoms with Crippen LogP contribution >= 0.6 is 11.3 Å². The van der Waals surface area contributed by atoms with Gasteiger partial charge in [-0.3, -0.25) is 9.36 Å². The SMILES string of the molecule is COCCOC(=O)C1=C(C)N=c2sc(=Cc3ccc(-c4ccccc4C(=O)OC)o3)c(=O)n2C1c1ccccc1OC. The highest BCUT2D eigenvalue weighted by Crippen LogP contribution is 2.35. The van der Waals surface area contributed by atoms with Crippen molar-refractivity contribution in [1.29, 1.82) is 0 Å². The lowest BCUT2D eigenvalue weighted by Gasteiger charge is -2.26. The molecule has 0 saturated heterocycles. The van der Waals surface area contributed by atoms with Gasteiger partial charge in [0.1, 0.15) is 29.9 Å². The van der Waals surface area contributed by atoms with E-state index >= 15 is 0 Å². The van der Waals surface area contributed by atoms with Crippen molar-refractivity contribution in [2.45, 2.75) is 13.0 Å². The second-order valence-corrected chi connectivity index (χ2v) is 10.2. The van der Waals surface area contributed by atoms with E-state index in [-0.39, 0.29) is 24.3 Å². The number of rotatable bonds is 9. The fourth-order valence-electron chi connectivity index (χ4n) is 4.75. The van der Waals surface area contributed by atoms with E-state index < -0.39 is 18.0 Å². The molecule has 0 N–H and O–H groups in total. The van der Waals surface area contributed by atoms with Gasteiger partial charge >= 0.3 is 11.9 Å². The number of carbonyl (C=O) groups excluding carboxylic acids is 2. The molecule has 2 aromatic heterocycles. The number of methoxy groups -OCH3 is 3. The number of hydrogen-bond donors (Lipinski definition) is 0. The van der Waals surface area contributed by atoms with Crippen LogP contribution < -0.4 is 19.6 Å². The second kappa shape index (κ2) is 12.4. The first-order valence-electron chi connectivity index (χ1n) is 13.0. The Morgan fingerprint density at radius 3 is 2.52 bits per heavy atom. The van der Waals surface area contributed by atoms with Crippen LogP contribution in [0.3, 0.4) is 0 Å². The maximum atomic E-state index is 13.9. The van der Waals surface area contributed by atoms with Crippen molar-refractivity contribution in [2.75, 3.05) is 34.5 Å². The van der Waals surface area contributed by atoms with Gasteiger partial charge in [-0.1, -0.05) is 47.7 Å². The van der Waals surface area contributed by atoms with Crippen LogP contribution in [0.15, 0.2) is 86.1 Å². The quantitative estimate of drug-likeness (QED) is 0.215. The molecule has 0 bridgehead atoms. The van der Waals surface area contributed by atoms with E-state index in [0.29, 0.717) is 49.0 Å². The number of carbonyl (C=O) groups is 2. The van der Waals surface area contributed by atoms with Crippen LogP contribution in [0.4, 0.5) is 0 Å². The number of fused-ring (bicyclic) bond motifs is 1. The van der Waals surface area contributed by atoms with Gasteiger partial charge in [0.05, 0.1) is 42.2 Å². The first-order valence-corrected chi connectivity index (χ1v) is 13.8. The van der Waals surface area contributed by atoms with Gasteiger partial charge in [0.25, 0.3) is 5.56 Å². The zero-order valence-corrected chi connectivity index (χ0v) is 24.2. The lowest BCUT2D eigenvalue weighted by atomic mass is 9.95. The lowest BCUT2D eigenvalue weighted by Crippen LogP contribution is -2.40. The first-order chi connectivity index (χ1) is 20.4. The molecule has 1 aliphatic heterocycles. The minimum atomic E-state index is -0.839. The molecule has 5 rings (SSSR count). The molecular formula is C31H28N2O8S. The minimum Gasteiger partial charge on any atom is -0.496 e. The summed E-state index contributed by atoms with van der Waals surface area (Å²) in [6.07, 6.45) is 1.61. The van der Waals surface area contributed by atoms with E-state index in [0.717, 1.165) is 0 Å². The number of thiazole rings is 1. The van der Waals surface area contributed by atoms with Gasteiger partial charge in [-0.2, -0.15) is 0 Å². The van der Waals surface area contributed by atoms with Crippen LogP contribution in [0.1, 0.15) is 34.6 Å². The number of ether oxygens (including phenoxy) is 4. The Balaban J connectivity index is 1.62. The van der Waals surface area contributed by atoms with Crippen molar-refractivity contribution < 1.29 is 33.0 Å². The Labute approximate surface area is 244 Å². The molecule has 1 atom stereocenters. The van der Waals surface area contributed by atoms with E-state index in [2.05, 4.69) is 4.99 Å². The highest BCUT2D eigenvalue weighted by Gasteiger charge is 2.35. The standard InChI is InChI=1S/C31H28N2O8S/c1-18-26(30(36)40-16-15-37-2)27(22-11-7-8-12-23(22)38-3)33-28(34)25(42-31(33)32-18)17-19-13-14-24(41-19)20-9-5-6-10-21(20)29(35)39-4/h5-14,17,27H,15-16H2,1-4H3. The number of para-hydroxylation sites is 1. The molecule has 0 amide bonds. The highest BCUT2D eigenvalue weighted by molar-refractivity contribution is 7.07. The minimum absolute atomic E-state index is 0.0507. The largest absolute Gasteiger partial charge is 0.496 e. The monoisotopic (exact) mass is 588 g/mol. The average Bonchev–Trinajstić information content (AvgIpc) is 3.60. The summed E-state index contributed by atoms with van der Waals surface area (Å²) in [4.78, 5) is 44.5. The molecule has 10 nitrogen and oxygen atoms in total. The molecule has 0 radical (unpaired) electrons. The van der Waals surface area contributed by atoms with Crippen LogP contribution in [-0.4, -0.2) is 51.0 Å². The van der Waals surface area contributed by atoms with Crippen molar-refractivity contribution in [1.82, 2.24) is 4.57 Å². The number of allylic oxidation sites excluding steroid dienone is 1. The van der Waals surface area contributed by atoms with Crippen LogP contribution in [0.2, 0.25) is 0 Å². The number of furan rings is 1. The van der Waals surface area contributed by atoms with Gasteiger partial charge in [0.15, 0.2) is 4.80 Å². The molecule has 0 fully saturated rings.